The van der Waals surface area contributed by atoms with Gasteiger partial charge in [0, 0.05) is 25.2 Å². The van der Waals surface area contributed by atoms with Crippen LogP contribution in [0.4, 0.5) is 0 Å². The predicted octanol–water partition coefficient (Wildman–Crippen LogP) is -0.297. The molecule has 17 heavy (non-hydrogen) atoms. The van der Waals surface area contributed by atoms with Crippen molar-refractivity contribution in [1.82, 2.24) is 10.2 Å². The van der Waals surface area contributed by atoms with Gasteiger partial charge in [0.05, 0.1) is 13.2 Å². The Morgan fingerprint density at radius 2 is 2.35 bits per heavy atom. The van der Waals surface area contributed by atoms with Crippen molar-refractivity contribution in [1.29, 1.82) is 0 Å². The molecule has 1 aliphatic heterocycles. The van der Waals surface area contributed by atoms with E-state index >= 15 is 0 Å². The second-order valence-electron chi connectivity index (χ2n) is 4.95. The van der Waals surface area contributed by atoms with E-state index in [9.17, 15) is 4.79 Å². The van der Waals surface area contributed by atoms with Gasteiger partial charge >= 0.3 is 0 Å². The number of hydrogen-bond acceptors (Lipinski definition) is 4. The molecular weight excluding hydrogens is 218 g/mol. The third-order valence-corrected chi connectivity index (χ3v) is 3.74. The molecule has 3 unspecified atom stereocenters. The Labute approximate surface area is 103 Å². The van der Waals surface area contributed by atoms with Gasteiger partial charge in [0.2, 0.25) is 5.91 Å². The van der Waals surface area contributed by atoms with Crippen LogP contribution in [-0.2, 0) is 9.53 Å². The summed E-state index contributed by atoms with van der Waals surface area (Å²) in [4.78, 5) is 14.3. The van der Waals surface area contributed by atoms with Crippen molar-refractivity contribution in [2.24, 2.45) is 5.73 Å². The maximum atomic E-state index is 12.0. The number of hydrogen-bond donors (Lipinski definition) is 2. The van der Waals surface area contributed by atoms with Crippen LogP contribution < -0.4 is 11.1 Å². The van der Waals surface area contributed by atoms with Crippen LogP contribution in [0.5, 0.6) is 0 Å². The number of carbonyl (C=O) groups is 1. The van der Waals surface area contributed by atoms with Crippen LogP contribution in [0.15, 0.2) is 0 Å². The summed E-state index contributed by atoms with van der Waals surface area (Å²) in [6.07, 6.45) is 3.19. The first kappa shape index (κ1) is 12.8. The number of morpholine rings is 1. The van der Waals surface area contributed by atoms with Crippen molar-refractivity contribution in [3.8, 4) is 0 Å². The van der Waals surface area contributed by atoms with Crippen LogP contribution in [-0.4, -0.2) is 55.2 Å². The normalized spacial score (nSPS) is 34.8. The topological polar surface area (TPSA) is 67.6 Å². The highest BCUT2D eigenvalue weighted by Crippen LogP contribution is 2.25. The average molecular weight is 241 g/mol. The Morgan fingerprint density at radius 1 is 1.53 bits per heavy atom. The summed E-state index contributed by atoms with van der Waals surface area (Å²) in [6, 6.07) is 0.637. The van der Waals surface area contributed by atoms with Gasteiger partial charge in [-0.1, -0.05) is 0 Å². The largest absolute Gasteiger partial charge is 0.378 e. The van der Waals surface area contributed by atoms with Crippen molar-refractivity contribution in [2.75, 3.05) is 26.3 Å². The quantitative estimate of drug-likeness (QED) is 0.712. The second-order valence-corrected chi connectivity index (χ2v) is 4.95. The van der Waals surface area contributed by atoms with Gasteiger partial charge in [0.1, 0.15) is 6.04 Å². The highest BCUT2D eigenvalue weighted by atomic mass is 16.5. The van der Waals surface area contributed by atoms with Crippen LogP contribution in [0.2, 0.25) is 0 Å². The maximum absolute atomic E-state index is 12.0. The molecule has 2 aliphatic rings. The smallest absolute Gasteiger partial charge is 0.239 e. The summed E-state index contributed by atoms with van der Waals surface area (Å²) in [5.41, 5.74) is 5.95. The zero-order valence-corrected chi connectivity index (χ0v) is 10.5. The number of rotatable bonds is 3. The number of carbonyl (C=O) groups excluding carboxylic acids is 1. The highest BCUT2D eigenvalue weighted by molar-refractivity contribution is 5.82. The van der Waals surface area contributed by atoms with E-state index in [1.807, 2.05) is 6.92 Å². The Hall–Kier alpha value is -0.650. The Kier molecular flexibility index (Phi) is 4.36. The van der Waals surface area contributed by atoms with Gasteiger partial charge in [-0.05, 0) is 26.2 Å². The SMILES string of the molecule is CCNC(=O)C1COCCN1C1CCC(N)C1. The zero-order chi connectivity index (χ0) is 12.3. The summed E-state index contributed by atoms with van der Waals surface area (Å²) in [5.74, 6) is 0.0904. The molecule has 0 bridgehead atoms. The first-order chi connectivity index (χ1) is 8.22. The number of amides is 1. The van der Waals surface area contributed by atoms with E-state index in [0.717, 1.165) is 32.4 Å². The van der Waals surface area contributed by atoms with E-state index in [4.69, 9.17) is 10.5 Å². The van der Waals surface area contributed by atoms with E-state index in [1.165, 1.54) is 0 Å². The maximum Gasteiger partial charge on any atom is 0.239 e. The van der Waals surface area contributed by atoms with Crippen LogP contribution in [0, 0.1) is 0 Å². The van der Waals surface area contributed by atoms with Crippen LogP contribution in [0.3, 0.4) is 0 Å². The molecule has 0 aromatic heterocycles. The van der Waals surface area contributed by atoms with Gasteiger partial charge < -0.3 is 15.8 Å². The molecule has 3 N–H and O–H groups in total. The lowest BCUT2D eigenvalue weighted by atomic mass is 10.1. The minimum absolute atomic E-state index is 0.0904. The molecule has 2 rings (SSSR count). The third-order valence-electron chi connectivity index (χ3n) is 3.74. The molecule has 98 valence electrons. The molecule has 3 atom stereocenters. The minimum Gasteiger partial charge on any atom is -0.378 e. The van der Waals surface area contributed by atoms with E-state index < -0.39 is 0 Å². The number of likely N-dealkylation sites (N-methyl/N-ethyl adjacent to an activating group) is 1. The molecular formula is C12H23N3O2. The van der Waals surface area contributed by atoms with Crippen LogP contribution >= 0.6 is 0 Å². The fourth-order valence-electron chi connectivity index (χ4n) is 2.86. The standard InChI is InChI=1S/C12H23N3O2/c1-2-14-12(16)11-8-17-6-5-15(11)10-4-3-9(13)7-10/h9-11H,2-8,13H2,1H3,(H,14,16). The third kappa shape index (κ3) is 2.97. The number of nitrogens with zero attached hydrogens (tertiary/aromatic N) is 1. The molecule has 1 amide bonds. The summed E-state index contributed by atoms with van der Waals surface area (Å²) in [6.45, 7) is 4.70. The number of nitrogens with one attached hydrogen (secondary N) is 1. The molecule has 0 aromatic carbocycles. The fourth-order valence-corrected chi connectivity index (χ4v) is 2.86. The van der Waals surface area contributed by atoms with Gasteiger partial charge in [-0.3, -0.25) is 9.69 Å². The molecule has 1 saturated carbocycles. The Balaban J connectivity index is 1.99. The molecule has 1 heterocycles. The van der Waals surface area contributed by atoms with Crippen molar-refractivity contribution >= 4 is 5.91 Å². The van der Waals surface area contributed by atoms with Crippen molar-refractivity contribution < 1.29 is 9.53 Å². The fraction of sp³-hybridized carbons (Fsp3) is 0.917. The van der Waals surface area contributed by atoms with E-state index in [1.54, 1.807) is 0 Å². The molecule has 0 spiro atoms. The Bertz CT molecular complexity index is 272. The van der Waals surface area contributed by atoms with Crippen molar-refractivity contribution in [2.45, 2.75) is 44.3 Å². The van der Waals surface area contributed by atoms with E-state index in [-0.39, 0.29) is 11.9 Å². The summed E-state index contributed by atoms with van der Waals surface area (Å²) < 4.78 is 5.43. The first-order valence-electron chi connectivity index (χ1n) is 6.59. The lowest BCUT2D eigenvalue weighted by Gasteiger charge is -2.38. The molecule has 1 aliphatic carbocycles. The van der Waals surface area contributed by atoms with E-state index in [2.05, 4.69) is 10.2 Å². The van der Waals surface area contributed by atoms with Crippen molar-refractivity contribution in [3.05, 3.63) is 0 Å². The summed E-state index contributed by atoms with van der Waals surface area (Å²) in [7, 11) is 0. The lowest BCUT2D eigenvalue weighted by molar-refractivity contribution is -0.134. The van der Waals surface area contributed by atoms with Gasteiger partial charge in [-0.15, -0.1) is 0 Å². The van der Waals surface area contributed by atoms with Gasteiger partial charge in [-0.25, -0.2) is 0 Å². The van der Waals surface area contributed by atoms with Gasteiger partial charge in [0.15, 0.2) is 0 Å². The number of ether oxygens (including phenoxy) is 1. The highest BCUT2D eigenvalue weighted by Gasteiger charge is 2.36. The van der Waals surface area contributed by atoms with Gasteiger partial charge in [0.25, 0.3) is 0 Å². The molecule has 0 radical (unpaired) electrons. The molecule has 2 fully saturated rings. The van der Waals surface area contributed by atoms with Gasteiger partial charge in [-0.2, -0.15) is 0 Å². The molecule has 5 nitrogen and oxygen atoms in total. The molecule has 5 heteroatoms. The number of nitrogens with two attached hydrogens (primary N) is 1. The summed E-state index contributed by atoms with van der Waals surface area (Å²) in [5, 5.41) is 2.89. The Morgan fingerprint density at radius 3 is 3.00 bits per heavy atom. The second kappa shape index (κ2) is 5.80. The minimum atomic E-state index is -0.126. The van der Waals surface area contributed by atoms with Crippen LogP contribution in [0.25, 0.3) is 0 Å². The molecule has 0 aromatic rings. The monoisotopic (exact) mass is 241 g/mol. The summed E-state index contributed by atoms with van der Waals surface area (Å²) >= 11 is 0. The van der Waals surface area contributed by atoms with E-state index in [0.29, 0.717) is 25.2 Å². The predicted molar refractivity (Wildman–Crippen MR) is 65.6 cm³/mol. The van der Waals surface area contributed by atoms with Crippen molar-refractivity contribution in [3.63, 3.8) is 0 Å². The first-order valence-corrected chi connectivity index (χ1v) is 6.59. The lowest BCUT2D eigenvalue weighted by Crippen LogP contribution is -2.56. The molecule has 1 saturated heterocycles. The zero-order valence-electron chi connectivity index (χ0n) is 10.5. The van der Waals surface area contributed by atoms with Crippen LogP contribution in [0.1, 0.15) is 26.2 Å². The average Bonchev–Trinajstić information content (AvgIpc) is 2.76.